The summed E-state index contributed by atoms with van der Waals surface area (Å²) in [7, 11) is 0. The maximum absolute atomic E-state index is 12.2. The molecule has 0 spiro atoms. The quantitative estimate of drug-likeness (QED) is 0.0640. The molecule has 1 aliphatic rings. The second kappa shape index (κ2) is 20.8. The second-order valence-corrected chi connectivity index (χ2v) is 14.7. The van der Waals surface area contributed by atoms with Gasteiger partial charge in [-0.2, -0.15) is 0 Å². The molecule has 2 N–H and O–H groups in total. The standard InChI is InChI=1S/C44H58O8/c1-5-6-7-8-33-9-11-34(12-10-33)13-14-35-15-17-36(18-16-35)37-19-21-38(22-20-37)39-27-40(49-23-25-51-42(47)32(2)30-45)29-41(28-39)50-24-26-52-43(48)44(3,4)31-46/h15-22,27-29,33-34,45-46H,2,5-14,23-26,30-31H2,1,3-4H3. The lowest BCUT2D eigenvalue weighted by Gasteiger charge is -2.28. The molecule has 0 atom stereocenters. The Morgan fingerprint density at radius 1 is 0.712 bits per heavy atom. The minimum absolute atomic E-state index is 0.0149. The summed E-state index contributed by atoms with van der Waals surface area (Å²) in [5.74, 6) is 1.65. The largest absolute Gasteiger partial charge is 0.490 e. The fourth-order valence-electron chi connectivity index (χ4n) is 6.50. The number of benzene rings is 3. The van der Waals surface area contributed by atoms with E-state index >= 15 is 0 Å². The van der Waals surface area contributed by atoms with Gasteiger partial charge in [0.1, 0.15) is 37.9 Å². The lowest BCUT2D eigenvalue weighted by Crippen LogP contribution is -2.31. The van der Waals surface area contributed by atoms with Crippen molar-refractivity contribution in [2.75, 3.05) is 39.6 Å². The van der Waals surface area contributed by atoms with Gasteiger partial charge in [0.25, 0.3) is 0 Å². The van der Waals surface area contributed by atoms with Crippen LogP contribution in [0.4, 0.5) is 0 Å². The fourth-order valence-corrected chi connectivity index (χ4v) is 6.50. The van der Waals surface area contributed by atoms with Gasteiger partial charge >= 0.3 is 11.9 Å². The molecule has 0 bridgehead atoms. The number of carbonyl (C=O) groups excluding carboxylic acids is 2. The van der Waals surface area contributed by atoms with Crippen molar-refractivity contribution >= 4 is 11.9 Å². The van der Waals surface area contributed by atoms with Gasteiger partial charge in [0, 0.05) is 6.07 Å². The summed E-state index contributed by atoms with van der Waals surface area (Å²) < 4.78 is 22.2. The zero-order valence-corrected chi connectivity index (χ0v) is 31.4. The highest BCUT2D eigenvalue weighted by Gasteiger charge is 2.28. The first-order valence-corrected chi connectivity index (χ1v) is 19.0. The van der Waals surface area contributed by atoms with Crippen LogP contribution in [0.25, 0.3) is 22.3 Å². The first kappa shape index (κ1) is 40.6. The molecule has 8 nitrogen and oxygen atoms in total. The molecule has 1 saturated carbocycles. The summed E-state index contributed by atoms with van der Waals surface area (Å²) in [6.07, 6.45) is 13.5. The Morgan fingerprint density at radius 3 is 1.77 bits per heavy atom. The molecular formula is C44H58O8. The van der Waals surface area contributed by atoms with Crippen LogP contribution in [0.3, 0.4) is 0 Å². The molecule has 0 radical (unpaired) electrons. The van der Waals surface area contributed by atoms with Gasteiger partial charge in [-0.1, -0.05) is 113 Å². The number of aliphatic hydroxyl groups is 2. The van der Waals surface area contributed by atoms with Crippen molar-refractivity contribution < 1.29 is 38.7 Å². The average molecular weight is 715 g/mol. The molecule has 0 unspecified atom stereocenters. The van der Waals surface area contributed by atoms with E-state index < -0.39 is 24.0 Å². The number of hydrogen-bond acceptors (Lipinski definition) is 8. The minimum atomic E-state index is -0.992. The molecule has 0 heterocycles. The van der Waals surface area contributed by atoms with Crippen LogP contribution < -0.4 is 9.47 Å². The molecule has 0 aromatic heterocycles. The third-order valence-corrected chi connectivity index (χ3v) is 10.0. The highest BCUT2D eigenvalue weighted by molar-refractivity contribution is 5.87. The van der Waals surface area contributed by atoms with Crippen LogP contribution in [-0.2, 0) is 25.5 Å². The summed E-state index contributed by atoms with van der Waals surface area (Å²) in [5, 5.41) is 18.5. The van der Waals surface area contributed by atoms with E-state index in [4.69, 9.17) is 24.1 Å². The van der Waals surface area contributed by atoms with E-state index in [-0.39, 0.29) is 38.6 Å². The maximum Gasteiger partial charge on any atom is 0.335 e. The Bertz CT molecular complexity index is 1550. The summed E-state index contributed by atoms with van der Waals surface area (Å²) in [6, 6.07) is 22.8. The van der Waals surface area contributed by atoms with Crippen molar-refractivity contribution in [3.63, 3.8) is 0 Å². The van der Waals surface area contributed by atoms with Crippen molar-refractivity contribution in [2.24, 2.45) is 17.3 Å². The average Bonchev–Trinajstić information content (AvgIpc) is 3.17. The Hall–Kier alpha value is -4.14. The topological polar surface area (TPSA) is 112 Å². The Balaban J connectivity index is 1.36. The highest BCUT2D eigenvalue weighted by atomic mass is 16.6. The SMILES string of the molecule is C=C(CO)C(=O)OCCOc1cc(OCCOC(=O)C(C)(C)CO)cc(-c2ccc(-c3ccc(CCC4CCC(CCCCC)CC4)cc3)cc2)c1. The van der Waals surface area contributed by atoms with E-state index in [1.807, 2.05) is 12.1 Å². The number of unbranched alkanes of at least 4 members (excludes halogenated alkanes) is 2. The van der Waals surface area contributed by atoms with Crippen LogP contribution >= 0.6 is 0 Å². The van der Waals surface area contributed by atoms with Crippen molar-refractivity contribution in [1.82, 2.24) is 0 Å². The Morgan fingerprint density at radius 2 is 1.23 bits per heavy atom. The van der Waals surface area contributed by atoms with Gasteiger partial charge in [-0.25, -0.2) is 4.79 Å². The van der Waals surface area contributed by atoms with E-state index in [0.717, 1.165) is 34.9 Å². The molecule has 282 valence electrons. The lowest BCUT2D eigenvalue weighted by molar-refractivity contribution is -0.156. The number of hydrogen-bond donors (Lipinski definition) is 2. The highest BCUT2D eigenvalue weighted by Crippen LogP contribution is 2.35. The maximum atomic E-state index is 12.2. The lowest BCUT2D eigenvalue weighted by atomic mass is 9.78. The molecule has 4 rings (SSSR count). The van der Waals surface area contributed by atoms with Crippen molar-refractivity contribution in [3.8, 4) is 33.8 Å². The summed E-state index contributed by atoms with van der Waals surface area (Å²) >= 11 is 0. The zero-order chi connectivity index (χ0) is 37.3. The monoisotopic (exact) mass is 714 g/mol. The van der Waals surface area contributed by atoms with Gasteiger partial charge in [-0.15, -0.1) is 0 Å². The molecular weight excluding hydrogens is 656 g/mol. The first-order chi connectivity index (χ1) is 25.1. The predicted molar refractivity (Wildman–Crippen MR) is 205 cm³/mol. The molecule has 3 aromatic rings. The molecule has 0 amide bonds. The van der Waals surface area contributed by atoms with Crippen LogP contribution in [0.15, 0.2) is 78.9 Å². The molecule has 3 aromatic carbocycles. The third kappa shape index (κ3) is 12.8. The Kier molecular flexibility index (Phi) is 16.2. The summed E-state index contributed by atoms with van der Waals surface area (Å²) in [4.78, 5) is 24.0. The number of ether oxygens (including phenoxy) is 4. The number of aryl methyl sites for hydroxylation is 1. The first-order valence-electron chi connectivity index (χ1n) is 19.0. The van der Waals surface area contributed by atoms with E-state index in [1.165, 1.54) is 68.9 Å². The van der Waals surface area contributed by atoms with Crippen LogP contribution in [0.5, 0.6) is 11.5 Å². The molecule has 0 aliphatic heterocycles. The van der Waals surface area contributed by atoms with E-state index in [2.05, 4.69) is 62.0 Å². The second-order valence-electron chi connectivity index (χ2n) is 14.7. The molecule has 8 heteroatoms. The van der Waals surface area contributed by atoms with E-state index in [1.54, 1.807) is 19.9 Å². The fraction of sp³-hybridized carbons (Fsp3) is 0.500. The van der Waals surface area contributed by atoms with Crippen molar-refractivity contribution in [1.29, 1.82) is 0 Å². The third-order valence-electron chi connectivity index (χ3n) is 10.0. The Labute approximate surface area is 310 Å². The van der Waals surface area contributed by atoms with Crippen LogP contribution in [0, 0.1) is 17.3 Å². The summed E-state index contributed by atoms with van der Waals surface area (Å²) in [6.45, 7) is 8.37. The number of carbonyl (C=O) groups is 2. The van der Waals surface area contributed by atoms with Crippen LogP contribution in [0.2, 0.25) is 0 Å². The number of aliphatic hydroxyl groups excluding tert-OH is 2. The van der Waals surface area contributed by atoms with Gasteiger partial charge in [0.15, 0.2) is 0 Å². The van der Waals surface area contributed by atoms with Gasteiger partial charge < -0.3 is 29.2 Å². The predicted octanol–water partition coefficient (Wildman–Crippen LogP) is 8.75. The van der Waals surface area contributed by atoms with E-state index in [9.17, 15) is 14.7 Å². The smallest absolute Gasteiger partial charge is 0.335 e. The van der Waals surface area contributed by atoms with Crippen molar-refractivity contribution in [2.45, 2.75) is 85.0 Å². The van der Waals surface area contributed by atoms with Crippen LogP contribution in [0.1, 0.15) is 84.1 Å². The molecule has 0 saturated heterocycles. The van der Waals surface area contributed by atoms with Gasteiger partial charge in [0.05, 0.1) is 24.2 Å². The summed E-state index contributed by atoms with van der Waals surface area (Å²) in [5.41, 5.74) is 4.48. The van der Waals surface area contributed by atoms with Gasteiger partial charge in [-0.3, -0.25) is 4.79 Å². The normalized spacial score (nSPS) is 15.9. The van der Waals surface area contributed by atoms with Gasteiger partial charge in [0.2, 0.25) is 0 Å². The molecule has 52 heavy (non-hydrogen) atoms. The minimum Gasteiger partial charge on any atom is -0.490 e. The van der Waals surface area contributed by atoms with E-state index in [0.29, 0.717) is 11.5 Å². The van der Waals surface area contributed by atoms with Crippen LogP contribution in [-0.4, -0.2) is 61.8 Å². The zero-order valence-electron chi connectivity index (χ0n) is 31.4. The number of esters is 2. The van der Waals surface area contributed by atoms with Crippen molar-refractivity contribution in [3.05, 3.63) is 84.4 Å². The molecule has 1 aliphatic carbocycles. The van der Waals surface area contributed by atoms with Gasteiger partial charge in [-0.05, 0) is 78.5 Å². The number of rotatable bonds is 21. The molecule has 1 fully saturated rings.